The highest BCUT2D eigenvalue weighted by atomic mass is 32.1. The Bertz CT molecular complexity index is 2610. The van der Waals surface area contributed by atoms with Gasteiger partial charge in [-0.1, -0.05) is 66.7 Å². The summed E-state index contributed by atoms with van der Waals surface area (Å²) in [6.45, 7) is 0. The smallest absolute Gasteiger partial charge is 0.215 e. The number of anilines is 1. The summed E-state index contributed by atoms with van der Waals surface area (Å²) in [6.07, 6.45) is 3.55. The first kappa shape index (κ1) is 25.6. The monoisotopic (exact) mass is 633 g/mol. The zero-order chi connectivity index (χ0) is 30.2. The number of hydrogen-bond donors (Lipinski definition) is 3. The zero-order valence-corrected chi connectivity index (χ0v) is 25.7. The van der Waals surface area contributed by atoms with Crippen LogP contribution in [0.5, 0.6) is 0 Å². The van der Waals surface area contributed by atoms with Crippen molar-refractivity contribution in [3.05, 3.63) is 148 Å². The van der Waals surface area contributed by atoms with E-state index in [0.717, 1.165) is 65.1 Å². The Kier molecular flexibility index (Phi) is 5.37. The first-order valence-corrected chi connectivity index (χ1v) is 16.5. The Morgan fingerprint density at radius 3 is 2.48 bits per heavy atom. The van der Waals surface area contributed by atoms with Gasteiger partial charge < -0.3 is 14.4 Å². The number of imidazole rings is 1. The fourth-order valence-corrected chi connectivity index (χ4v) is 8.55. The molecule has 1 aliphatic heterocycles. The van der Waals surface area contributed by atoms with Crippen molar-refractivity contribution in [1.29, 1.82) is 0 Å². The molecule has 46 heavy (non-hydrogen) atoms. The Labute approximate surface area is 269 Å². The van der Waals surface area contributed by atoms with Gasteiger partial charge in [0.05, 0.1) is 21.8 Å². The van der Waals surface area contributed by atoms with Crippen LogP contribution in [0.15, 0.2) is 130 Å². The molecular formula is C36H23N7OS2. The summed E-state index contributed by atoms with van der Waals surface area (Å²) >= 11 is 3.41. The molecule has 1 atom stereocenters. The number of nitrogens with one attached hydrogen (secondary N) is 3. The summed E-state index contributed by atoms with van der Waals surface area (Å²) in [6, 6.07) is 35.7. The number of para-hydroxylation sites is 1. The SMILES string of the molecule is c1csc(C2(c3cc4ccccc4[nH]3)N=c3nc(-c4ccn[nH]4)[nH]c3=C(c3occ4ccccc34)N2c2cc3ccccc3s2)c1. The van der Waals surface area contributed by atoms with Crippen LogP contribution in [0.1, 0.15) is 16.3 Å². The van der Waals surface area contributed by atoms with Gasteiger partial charge in [-0.15, -0.1) is 22.7 Å². The lowest BCUT2D eigenvalue weighted by Gasteiger charge is -2.42. The second-order valence-corrected chi connectivity index (χ2v) is 13.3. The van der Waals surface area contributed by atoms with Gasteiger partial charge in [0.2, 0.25) is 5.66 Å². The van der Waals surface area contributed by atoms with E-state index in [9.17, 15) is 0 Å². The molecule has 0 radical (unpaired) electrons. The van der Waals surface area contributed by atoms with Crippen LogP contribution in [-0.4, -0.2) is 25.1 Å². The average Bonchev–Trinajstić information content (AvgIpc) is 3.93. The van der Waals surface area contributed by atoms with E-state index in [1.54, 1.807) is 28.9 Å². The third kappa shape index (κ3) is 3.62. The third-order valence-corrected chi connectivity index (χ3v) is 10.7. The Hall–Kier alpha value is -5.71. The van der Waals surface area contributed by atoms with Gasteiger partial charge in [0, 0.05) is 27.2 Å². The van der Waals surface area contributed by atoms with Crippen LogP contribution in [0.25, 0.3) is 49.0 Å². The number of benzene rings is 3. The molecule has 6 aromatic heterocycles. The van der Waals surface area contributed by atoms with E-state index in [1.807, 2.05) is 24.5 Å². The number of fused-ring (bicyclic) bond motifs is 4. The highest BCUT2D eigenvalue weighted by Crippen LogP contribution is 2.50. The predicted octanol–water partition coefficient (Wildman–Crippen LogP) is 7.50. The van der Waals surface area contributed by atoms with E-state index in [2.05, 4.69) is 115 Å². The highest BCUT2D eigenvalue weighted by molar-refractivity contribution is 7.23. The van der Waals surface area contributed by atoms with Crippen LogP contribution in [0, 0.1) is 0 Å². The Morgan fingerprint density at radius 1 is 0.804 bits per heavy atom. The summed E-state index contributed by atoms with van der Waals surface area (Å²) in [5.41, 5.74) is 3.13. The summed E-state index contributed by atoms with van der Waals surface area (Å²) in [5, 5.41) is 15.5. The minimum Gasteiger partial charge on any atom is -0.461 e. The second kappa shape index (κ2) is 9.64. The molecule has 0 bridgehead atoms. The van der Waals surface area contributed by atoms with E-state index in [1.165, 1.54) is 4.70 Å². The molecule has 10 rings (SSSR count). The summed E-state index contributed by atoms with van der Waals surface area (Å²) in [7, 11) is 0. The van der Waals surface area contributed by atoms with E-state index in [-0.39, 0.29) is 0 Å². The third-order valence-electron chi connectivity index (χ3n) is 8.62. The maximum absolute atomic E-state index is 6.55. The van der Waals surface area contributed by atoms with Crippen molar-refractivity contribution in [1.82, 2.24) is 25.1 Å². The quantitative estimate of drug-likeness (QED) is 0.183. The summed E-state index contributed by atoms with van der Waals surface area (Å²) < 4.78 is 7.74. The standard InChI is InChI=1S/C36H23N7OS2/c1-4-11-24-23(10-1)20-44-33(24)32-31-35(40-34(39-31)26-15-16-37-42-26)41-36(29-14-7-17-45-29,28-18-21-8-2-5-12-25(21)38-28)43(32)30-19-22-9-3-6-13-27(22)46-30/h1-20,38H,(H,37,42)(H,39,40,41). The van der Waals surface area contributed by atoms with Crippen molar-refractivity contribution in [2.45, 2.75) is 5.66 Å². The first-order chi connectivity index (χ1) is 22.8. The maximum Gasteiger partial charge on any atom is 0.215 e. The van der Waals surface area contributed by atoms with Gasteiger partial charge in [-0.25, -0.2) is 9.98 Å². The lowest BCUT2D eigenvalue weighted by atomic mass is 9.97. The van der Waals surface area contributed by atoms with Crippen LogP contribution >= 0.6 is 22.7 Å². The van der Waals surface area contributed by atoms with Gasteiger partial charge in [0.1, 0.15) is 16.7 Å². The van der Waals surface area contributed by atoms with Gasteiger partial charge >= 0.3 is 0 Å². The molecule has 3 aromatic carbocycles. The zero-order valence-electron chi connectivity index (χ0n) is 24.1. The molecule has 220 valence electrons. The fraction of sp³-hybridized carbons (Fsp3) is 0.0278. The molecule has 7 heterocycles. The Balaban J connectivity index is 1.41. The van der Waals surface area contributed by atoms with Gasteiger partial charge in [-0.3, -0.25) is 10.00 Å². The molecular weight excluding hydrogens is 611 g/mol. The molecule has 0 spiro atoms. The van der Waals surface area contributed by atoms with Crippen molar-refractivity contribution < 1.29 is 4.42 Å². The van der Waals surface area contributed by atoms with Gasteiger partial charge in [-0.05, 0) is 52.6 Å². The highest BCUT2D eigenvalue weighted by Gasteiger charge is 2.49. The normalized spacial score (nSPS) is 16.4. The summed E-state index contributed by atoms with van der Waals surface area (Å²) in [5.74, 6) is 1.38. The molecule has 0 aliphatic carbocycles. The van der Waals surface area contributed by atoms with Gasteiger partial charge in [-0.2, -0.15) is 5.10 Å². The number of aromatic nitrogens is 5. The van der Waals surface area contributed by atoms with Crippen LogP contribution in [-0.2, 0) is 5.66 Å². The molecule has 0 amide bonds. The molecule has 0 saturated heterocycles. The van der Waals surface area contributed by atoms with Gasteiger partial charge in [0.15, 0.2) is 17.1 Å². The number of hydrogen-bond acceptors (Lipinski definition) is 7. The molecule has 0 fully saturated rings. The number of nitrogens with zero attached hydrogens (tertiary/aromatic N) is 4. The maximum atomic E-state index is 6.55. The van der Waals surface area contributed by atoms with Crippen molar-refractivity contribution in [2.75, 3.05) is 4.90 Å². The average molecular weight is 634 g/mol. The largest absolute Gasteiger partial charge is 0.461 e. The minimum absolute atomic E-state index is 0.587. The number of aromatic amines is 3. The molecule has 9 aromatic rings. The fourth-order valence-electron chi connectivity index (χ4n) is 6.56. The molecule has 0 saturated carbocycles. The lowest BCUT2D eigenvalue weighted by molar-refractivity contribution is 0.503. The van der Waals surface area contributed by atoms with Crippen LogP contribution in [0.4, 0.5) is 5.00 Å². The van der Waals surface area contributed by atoms with Gasteiger partial charge in [0.25, 0.3) is 0 Å². The van der Waals surface area contributed by atoms with Crippen LogP contribution < -0.4 is 15.7 Å². The second-order valence-electron chi connectivity index (χ2n) is 11.2. The van der Waals surface area contributed by atoms with E-state index in [4.69, 9.17) is 14.4 Å². The lowest BCUT2D eigenvalue weighted by Crippen LogP contribution is -2.54. The van der Waals surface area contributed by atoms with E-state index < -0.39 is 5.66 Å². The molecule has 1 unspecified atom stereocenters. The van der Waals surface area contributed by atoms with Crippen LogP contribution in [0.2, 0.25) is 0 Å². The van der Waals surface area contributed by atoms with E-state index in [0.29, 0.717) is 11.3 Å². The Morgan fingerprint density at radius 2 is 1.65 bits per heavy atom. The van der Waals surface area contributed by atoms with Crippen LogP contribution in [0.3, 0.4) is 0 Å². The number of H-pyrrole nitrogens is 3. The number of rotatable bonds is 5. The predicted molar refractivity (Wildman–Crippen MR) is 183 cm³/mol. The number of furan rings is 1. The van der Waals surface area contributed by atoms with E-state index >= 15 is 0 Å². The first-order valence-electron chi connectivity index (χ1n) is 14.8. The topological polar surface area (TPSA) is 102 Å². The van der Waals surface area contributed by atoms with Crippen molar-refractivity contribution in [3.63, 3.8) is 0 Å². The van der Waals surface area contributed by atoms with Crippen molar-refractivity contribution in [2.24, 2.45) is 4.99 Å². The molecule has 10 heteroatoms. The minimum atomic E-state index is -1.05. The molecule has 3 N–H and O–H groups in total. The summed E-state index contributed by atoms with van der Waals surface area (Å²) in [4.78, 5) is 21.5. The van der Waals surface area contributed by atoms with Crippen molar-refractivity contribution in [3.8, 4) is 11.5 Å². The molecule has 1 aliphatic rings. The number of thiophene rings is 2. The van der Waals surface area contributed by atoms with Crippen molar-refractivity contribution >= 4 is 65.1 Å². The molecule has 8 nitrogen and oxygen atoms in total.